The van der Waals surface area contributed by atoms with E-state index in [1.54, 1.807) is 0 Å². The minimum atomic E-state index is -0.844. The van der Waals surface area contributed by atoms with E-state index >= 15 is 0 Å². The maximum Gasteiger partial charge on any atom is 0.0532 e. The SMILES string of the molecule is CC.CCCC(CC)CS(=O)c1ccc(Br)cc1. The van der Waals surface area contributed by atoms with Crippen LogP contribution in [0.5, 0.6) is 0 Å². The summed E-state index contributed by atoms with van der Waals surface area (Å²) in [6, 6.07) is 7.79. The first-order chi connectivity index (χ1) is 8.67. The first kappa shape index (κ1) is 17.8. The molecule has 0 spiro atoms. The topological polar surface area (TPSA) is 17.1 Å². The van der Waals surface area contributed by atoms with E-state index in [1.807, 2.05) is 38.1 Å². The van der Waals surface area contributed by atoms with Crippen LogP contribution >= 0.6 is 15.9 Å². The lowest BCUT2D eigenvalue weighted by Crippen LogP contribution is -2.10. The van der Waals surface area contributed by atoms with Gasteiger partial charge in [-0.25, -0.2) is 0 Å². The zero-order valence-electron chi connectivity index (χ0n) is 11.9. The van der Waals surface area contributed by atoms with Crippen LogP contribution in [0.4, 0.5) is 0 Å². The standard InChI is InChI=1S/C13H19BrOS.C2H6/c1-3-5-11(4-2)10-16(15)13-8-6-12(14)7-9-13;1-2/h6-9,11H,3-5,10H2,1-2H3;1-2H3. The average molecular weight is 333 g/mol. The molecule has 0 aromatic heterocycles. The third-order valence-electron chi connectivity index (χ3n) is 2.74. The van der Waals surface area contributed by atoms with Crippen LogP contribution in [-0.4, -0.2) is 9.96 Å². The molecule has 0 aliphatic heterocycles. The normalized spacial score (nSPS) is 13.4. The molecular formula is C15H25BrOS. The molecule has 18 heavy (non-hydrogen) atoms. The molecule has 0 fully saturated rings. The Bertz CT molecular complexity index is 335. The van der Waals surface area contributed by atoms with Gasteiger partial charge in [0.05, 0.1) is 10.8 Å². The summed E-state index contributed by atoms with van der Waals surface area (Å²) in [5.74, 6) is 1.39. The summed E-state index contributed by atoms with van der Waals surface area (Å²) >= 11 is 3.38. The van der Waals surface area contributed by atoms with Crippen molar-refractivity contribution in [2.24, 2.45) is 5.92 Å². The largest absolute Gasteiger partial charge is 0.254 e. The van der Waals surface area contributed by atoms with Crippen LogP contribution in [0.1, 0.15) is 47.0 Å². The number of hydrogen-bond donors (Lipinski definition) is 0. The van der Waals surface area contributed by atoms with Gasteiger partial charge in [-0.1, -0.05) is 56.5 Å². The third-order valence-corrected chi connectivity index (χ3v) is 4.84. The van der Waals surface area contributed by atoms with Crippen LogP contribution in [0.25, 0.3) is 0 Å². The number of benzene rings is 1. The second-order valence-corrected chi connectivity index (χ2v) is 6.44. The van der Waals surface area contributed by atoms with E-state index in [0.29, 0.717) is 5.92 Å². The fourth-order valence-corrected chi connectivity index (χ4v) is 3.44. The molecule has 2 unspecified atom stereocenters. The maximum atomic E-state index is 12.1. The molecule has 1 nitrogen and oxygen atoms in total. The van der Waals surface area contributed by atoms with Gasteiger partial charge in [-0.3, -0.25) is 4.21 Å². The van der Waals surface area contributed by atoms with Gasteiger partial charge >= 0.3 is 0 Å². The van der Waals surface area contributed by atoms with Crippen molar-refractivity contribution in [2.45, 2.75) is 51.9 Å². The summed E-state index contributed by atoms with van der Waals surface area (Å²) < 4.78 is 13.1. The Morgan fingerprint density at radius 2 is 1.72 bits per heavy atom. The van der Waals surface area contributed by atoms with E-state index in [4.69, 9.17) is 0 Å². The fraction of sp³-hybridized carbons (Fsp3) is 0.600. The van der Waals surface area contributed by atoms with E-state index in [1.165, 1.54) is 12.8 Å². The van der Waals surface area contributed by atoms with Crippen molar-refractivity contribution < 1.29 is 4.21 Å². The lowest BCUT2D eigenvalue weighted by atomic mass is 10.0. The molecule has 104 valence electrons. The Morgan fingerprint density at radius 3 is 2.17 bits per heavy atom. The molecule has 0 radical (unpaired) electrons. The first-order valence-corrected chi connectivity index (χ1v) is 8.92. The predicted octanol–water partition coefficient (Wildman–Crippen LogP) is 5.41. The average Bonchev–Trinajstić information content (AvgIpc) is 2.41. The zero-order valence-corrected chi connectivity index (χ0v) is 14.3. The van der Waals surface area contributed by atoms with Crippen molar-refractivity contribution >= 4 is 26.7 Å². The number of rotatable bonds is 6. The monoisotopic (exact) mass is 332 g/mol. The van der Waals surface area contributed by atoms with Crippen molar-refractivity contribution in [1.82, 2.24) is 0 Å². The molecule has 0 saturated heterocycles. The van der Waals surface area contributed by atoms with Gasteiger partial charge in [0.2, 0.25) is 0 Å². The van der Waals surface area contributed by atoms with Gasteiger partial charge in [-0.05, 0) is 36.6 Å². The summed E-state index contributed by atoms with van der Waals surface area (Å²) in [6.45, 7) is 8.37. The van der Waals surface area contributed by atoms with Crippen molar-refractivity contribution in [3.8, 4) is 0 Å². The fourth-order valence-electron chi connectivity index (χ4n) is 1.71. The van der Waals surface area contributed by atoms with Gasteiger partial charge in [0, 0.05) is 15.1 Å². The first-order valence-electron chi connectivity index (χ1n) is 6.81. The van der Waals surface area contributed by atoms with Gasteiger partial charge in [-0.15, -0.1) is 0 Å². The van der Waals surface area contributed by atoms with Crippen molar-refractivity contribution in [1.29, 1.82) is 0 Å². The smallest absolute Gasteiger partial charge is 0.0532 e. The quantitative estimate of drug-likeness (QED) is 0.680. The minimum absolute atomic E-state index is 0.592. The molecule has 1 aromatic carbocycles. The molecule has 0 aliphatic rings. The van der Waals surface area contributed by atoms with Gasteiger partial charge in [-0.2, -0.15) is 0 Å². The molecule has 3 heteroatoms. The summed E-state index contributed by atoms with van der Waals surface area (Å²) in [6.07, 6.45) is 3.48. The van der Waals surface area contributed by atoms with Gasteiger partial charge < -0.3 is 0 Å². The molecule has 0 aliphatic carbocycles. The Hall–Kier alpha value is -0.150. The maximum absolute atomic E-state index is 12.1. The van der Waals surface area contributed by atoms with Gasteiger partial charge in [0.15, 0.2) is 0 Å². The lowest BCUT2D eigenvalue weighted by molar-refractivity contribution is 0.511. The Kier molecular flexibility index (Phi) is 10.7. The highest BCUT2D eigenvalue weighted by atomic mass is 79.9. The highest BCUT2D eigenvalue weighted by Gasteiger charge is 2.11. The van der Waals surface area contributed by atoms with Gasteiger partial charge in [0.25, 0.3) is 0 Å². The second-order valence-electron chi connectivity index (χ2n) is 4.03. The molecule has 1 aromatic rings. The highest BCUT2D eigenvalue weighted by Crippen LogP contribution is 2.18. The summed E-state index contributed by atoms with van der Waals surface area (Å²) in [5.41, 5.74) is 0. The highest BCUT2D eigenvalue weighted by molar-refractivity contribution is 9.10. The summed E-state index contributed by atoms with van der Waals surface area (Å²) in [5, 5.41) is 0. The molecule has 0 amide bonds. The van der Waals surface area contributed by atoms with Crippen LogP contribution in [-0.2, 0) is 10.8 Å². The van der Waals surface area contributed by atoms with Crippen LogP contribution in [0, 0.1) is 5.92 Å². The molecular weight excluding hydrogens is 308 g/mol. The zero-order chi connectivity index (χ0) is 14.0. The van der Waals surface area contributed by atoms with Crippen LogP contribution < -0.4 is 0 Å². The Balaban J connectivity index is 0.00000137. The Labute approximate surface area is 123 Å². The van der Waals surface area contributed by atoms with Crippen LogP contribution in [0.2, 0.25) is 0 Å². The second kappa shape index (κ2) is 10.7. The number of halogens is 1. The Morgan fingerprint density at radius 1 is 1.17 bits per heavy atom. The summed E-state index contributed by atoms with van der Waals surface area (Å²) in [4.78, 5) is 0.942. The van der Waals surface area contributed by atoms with E-state index < -0.39 is 10.8 Å². The van der Waals surface area contributed by atoms with Crippen molar-refractivity contribution in [2.75, 3.05) is 5.75 Å². The van der Waals surface area contributed by atoms with Crippen LogP contribution in [0.15, 0.2) is 33.6 Å². The molecule has 0 heterocycles. The lowest BCUT2D eigenvalue weighted by Gasteiger charge is -2.13. The molecule has 0 saturated carbocycles. The number of hydrogen-bond acceptors (Lipinski definition) is 1. The predicted molar refractivity (Wildman–Crippen MR) is 85.5 cm³/mol. The molecule has 2 atom stereocenters. The van der Waals surface area contributed by atoms with E-state index in [9.17, 15) is 4.21 Å². The summed E-state index contributed by atoms with van der Waals surface area (Å²) in [7, 11) is -0.844. The van der Waals surface area contributed by atoms with Gasteiger partial charge in [0.1, 0.15) is 0 Å². The molecule has 1 rings (SSSR count). The minimum Gasteiger partial charge on any atom is -0.254 e. The van der Waals surface area contributed by atoms with Crippen molar-refractivity contribution in [3.05, 3.63) is 28.7 Å². The van der Waals surface area contributed by atoms with Crippen molar-refractivity contribution in [3.63, 3.8) is 0 Å². The van der Waals surface area contributed by atoms with E-state index in [-0.39, 0.29) is 0 Å². The molecule has 0 bridgehead atoms. The molecule has 0 N–H and O–H groups in total. The third kappa shape index (κ3) is 6.69. The van der Waals surface area contributed by atoms with Crippen LogP contribution in [0.3, 0.4) is 0 Å². The van der Waals surface area contributed by atoms with E-state index in [0.717, 1.165) is 21.5 Å². The van der Waals surface area contributed by atoms with E-state index in [2.05, 4.69) is 29.8 Å².